The summed E-state index contributed by atoms with van der Waals surface area (Å²) in [6, 6.07) is 15.8. The minimum atomic E-state index is -3.67. The monoisotopic (exact) mass is 355 g/mol. The summed E-state index contributed by atoms with van der Waals surface area (Å²) in [5.41, 5.74) is 1.68. The molecule has 0 unspecified atom stereocenters. The summed E-state index contributed by atoms with van der Waals surface area (Å²) in [4.78, 5) is 18.3. The third-order valence-corrected chi connectivity index (χ3v) is 5.20. The molecule has 0 aliphatic carbocycles. The molecule has 0 aliphatic heterocycles. The van der Waals surface area contributed by atoms with Crippen LogP contribution < -0.4 is 0 Å². The van der Waals surface area contributed by atoms with Crippen molar-refractivity contribution in [3.63, 3.8) is 0 Å². The molecule has 126 valence electrons. The van der Waals surface area contributed by atoms with Gasteiger partial charge in [0.25, 0.3) is 5.69 Å². The number of nitro benzene ring substituents is 1. The lowest BCUT2D eigenvalue weighted by atomic mass is 10.1. The Kier molecular flexibility index (Phi) is 4.53. The highest BCUT2D eigenvalue weighted by Crippen LogP contribution is 2.21. The average molecular weight is 355 g/mol. The van der Waals surface area contributed by atoms with Crippen molar-refractivity contribution < 1.29 is 13.3 Å². The Bertz CT molecular complexity index is 1000. The Balaban J connectivity index is 1.87. The van der Waals surface area contributed by atoms with Gasteiger partial charge in [-0.05, 0) is 18.2 Å². The van der Waals surface area contributed by atoms with E-state index in [9.17, 15) is 18.5 Å². The molecule has 0 aliphatic rings. The molecule has 3 rings (SSSR count). The minimum Gasteiger partial charge on any atom is -0.258 e. The molecule has 0 saturated carbocycles. The van der Waals surface area contributed by atoms with E-state index in [1.54, 1.807) is 6.07 Å². The third kappa shape index (κ3) is 3.86. The summed E-state index contributed by atoms with van der Waals surface area (Å²) >= 11 is 0. The van der Waals surface area contributed by atoms with Crippen LogP contribution in [0.1, 0.15) is 5.69 Å². The zero-order chi connectivity index (χ0) is 17.9. The van der Waals surface area contributed by atoms with Gasteiger partial charge < -0.3 is 0 Å². The van der Waals surface area contributed by atoms with Gasteiger partial charge in [0.1, 0.15) is 6.33 Å². The molecule has 0 N–H and O–H groups in total. The van der Waals surface area contributed by atoms with Gasteiger partial charge in [0.2, 0.25) is 0 Å². The molecular weight excluding hydrogens is 342 g/mol. The van der Waals surface area contributed by atoms with E-state index in [1.165, 1.54) is 30.6 Å². The zero-order valence-electron chi connectivity index (χ0n) is 12.9. The second kappa shape index (κ2) is 6.78. The van der Waals surface area contributed by atoms with Crippen LogP contribution in [0.25, 0.3) is 11.3 Å². The number of sulfone groups is 1. The molecule has 25 heavy (non-hydrogen) atoms. The van der Waals surface area contributed by atoms with Gasteiger partial charge in [0, 0.05) is 17.7 Å². The molecule has 0 fully saturated rings. The molecule has 0 amide bonds. The summed E-state index contributed by atoms with van der Waals surface area (Å²) in [7, 11) is -3.67. The fraction of sp³-hybridized carbons (Fsp3) is 0.0588. The van der Waals surface area contributed by atoms with Crippen molar-refractivity contribution >= 4 is 15.5 Å². The predicted octanol–water partition coefficient (Wildman–Crippen LogP) is 3.03. The first kappa shape index (κ1) is 16.7. The smallest absolute Gasteiger partial charge is 0.258 e. The van der Waals surface area contributed by atoms with Crippen molar-refractivity contribution in [2.75, 3.05) is 0 Å². The standard InChI is InChI=1S/C17H13N3O4S/c21-20(22)15-6-8-16(9-7-15)25(23,24)11-14-10-17(19-12-18-14)13-4-2-1-3-5-13/h1-10,12H,11H2. The number of hydrogen-bond donors (Lipinski definition) is 0. The number of rotatable bonds is 5. The van der Waals surface area contributed by atoms with Gasteiger partial charge in [-0.15, -0.1) is 0 Å². The summed E-state index contributed by atoms with van der Waals surface area (Å²) in [5.74, 6) is -0.312. The maximum atomic E-state index is 12.5. The fourth-order valence-electron chi connectivity index (χ4n) is 2.30. The van der Waals surface area contributed by atoms with Crippen LogP contribution in [0.5, 0.6) is 0 Å². The van der Waals surface area contributed by atoms with E-state index >= 15 is 0 Å². The molecule has 0 radical (unpaired) electrons. The van der Waals surface area contributed by atoms with Gasteiger partial charge in [-0.2, -0.15) is 0 Å². The van der Waals surface area contributed by atoms with Crippen LogP contribution in [0, 0.1) is 10.1 Å². The second-order valence-electron chi connectivity index (χ2n) is 5.27. The number of benzene rings is 2. The van der Waals surface area contributed by atoms with Gasteiger partial charge >= 0.3 is 0 Å². The van der Waals surface area contributed by atoms with Gasteiger partial charge in [-0.1, -0.05) is 30.3 Å². The molecule has 0 saturated heterocycles. The van der Waals surface area contributed by atoms with Gasteiger partial charge in [0.05, 0.1) is 27.0 Å². The molecule has 8 heteroatoms. The highest BCUT2D eigenvalue weighted by molar-refractivity contribution is 7.90. The minimum absolute atomic E-state index is 0.0120. The van der Waals surface area contributed by atoms with E-state index in [4.69, 9.17) is 0 Å². The topological polar surface area (TPSA) is 103 Å². The summed E-state index contributed by atoms with van der Waals surface area (Å²) < 4.78 is 25.0. The summed E-state index contributed by atoms with van der Waals surface area (Å²) in [5, 5.41) is 10.7. The van der Waals surface area contributed by atoms with E-state index in [0.29, 0.717) is 11.4 Å². The van der Waals surface area contributed by atoms with Crippen LogP contribution in [0.15, 0.2) is 71.9 Å². The first-order valence-electron chi connectivity index (χ1n) is 7.29. The third-order valence-electron chi connectivity index (χ3n) is 3.54. The van der Waals surface area contributed by atoms with Crippen molar-refractivity contribution in [1.29, 1.82) is 0 Å². The highest BCUT2D eigenvalue weighted by atomic mass is 32.2. The average Bonchev–Trinajstić information content (AvgIpc) is 2.62. The van der Waals surface area contributed by atoms with E-state index in [0.717, 1.165) is 5.56 Å². The first-order chi connectivity index (χ1) is 12.0. The Morgan fingerprint density at radius 1 is 0.960 bits per heavy atom. The maximum Gasteiger partial charge on any atom is 0.269 e. The SMILES string of the molecule is O=[N+]([O-])c1ccc(S(=O)(=O)Cc2cc(-c3ccccc3)ncn2)cc1. The molecule has 0 spiro atoms. The van der Waals surface area contributed by atoms with Crippen molar-refractivity contribution in [2.24, 2.45) is 0 Å². The van der Waals surface area contributed by atoms with Crippen molar-refractivity contribution in [2.45, 2.75) is 10.6 Å². The van der Waals surface area contributed by atoms with Crippen molar-refractivity contribution in [3.05, 3.63) is 82.8 Å². The Morgan fingerprint density at radius 3 is 2.28 bits per heavy atom. The second-order valence-corrected chi connectivity index (χ2v) is 7.26. The van der Waals surface area contributed by atoms with E-state index in [-0.39, 0.29) is 16.3 Å². The van der Waals surface area contributed by atoms with Crippen molar-refractivity contribution in [1.82, 2.24) is 9.97 Å². The van der Waals surface area contributed by atoms with E-state index in [2.05, 4.69) is 9.97 Å². The summed E-state index contributed by atoms with van der Waals surface area (Å²) in [6.07, 6.45) is 1.32. The number of nitrogens with zero attached hydrogens (tertiary/aromatic N) is 3. The molecule has 0 atom stereocenters. The van der Waals surface area contributed by atoms with Crippen molar-refractivity contribution in [3.8, 4) is 11.3 Å². The normalized spacial score (nSPS) is 11.2. The number of non-ortho nitro benzene ring substituents is 1. The van der Waals surface area contributed by atoms with Gasteiger partial charge in [-0.25, -0.2) is 18.4 Å². The Labute approximate surface area is 144 Å². The molecule has 7 nitrogen and oxygen atoms in total. The molecule has 0 bridgehead atoms. The Morgan fingerprint density at radius 2 is 1.64 bits per heavy atom. The maximum absolute atomic E-state index is 12.5. The van der Waals surface area contributed by atoms with Gasteiger partial charge in [-0.3, -0.25) is 10.1 Å². The first-order valence-corrected chi connectivity index (χ1v) is 8.94. The highest BCUT2D eigenvalue weighted by Gasteiger charge is 2.18. The molecule has 1 aromatic heterocycles. The lowest BCUT2D eigenvalue weighted by Crippen LogP contribution is -2.07. The van der Waals surface area contributed by atoms with Crippen LogP contribution in [0.3, 0.4) is 0 Å². The zero-order valence-corrected chi connectivity index (χ0v) is 13.8. The lowest BCUT2D eigenvalue weighted by Gasteiger charge is -2.06. The fourth-order valence-corrected chi connectivity index (χ4v) is 3.56. The van der Waals surface area contributed by atoms with Crippen LogP contribution in [-0.2, 0) is 15.6 Å². The number of aromatic nitrogens is 2. The Hall–Kier alpha value is -3.13. The van der Waals surface area contributed by atoms with Crippen LogP contribution in [-0.4, -0.2) is 23.3 Å². The van der Waals surface area contributed by atoms with Crippen LogP contribution in [0.2, 0.25) is 0 Å². The van der Waals surface area contributed by atoms with E-state index in [1.807, 2.05) is 30.3 Å². The van der Waals surface area contributed by atoms with Crippen LogP contribution in [0.4, 0.5) is 5.69 Å². The molecular formula is C17H13N3O4S. The number of nitro groups is 1. The summed E-state index contributed by atoms with van der Waals surface area (Å²) in [6.45, 7) is 0. The molecule has 1 heterocycles. The van der Waals surface area contributed by atoms with E-state index < -0.39 is 14.8 Å². The largest absolute Gasteiger partial charge is 0.269 e. The predicted molar refractivity (Wildman–Crippen MR) is 91.5 cm³/mol. The quantitative estimate of drug-likeness (QED) is 0.515. The molecule has 2 aromatic carbocycles. The molecule has 3 aromatic rings. The lowest BCUT2D eigenvalue weighted by molar-refractivity contribution is -0.384. The van der Waals surface area contributed by atoms with Gasteiger partial charge in [0.15, 0.2) is 9.84 Å². The number of hydrogen-bond acceptors (Lipinski definition) is 6. The van der Waals surface area contributed by atoms with Crippen LogP contribution >= 0.6 is 0 Å².